The van der Waals surface area contributed by atoms with Gasteiger partial charge in [0.15, 0.2) is 5.65 Å². The number of aryl methyl sites for hydroxylation is 1. The van der Waals surface area contributed by atoms with E-state index in [4.69, 9.17) is 5.73 Å². The van der Waals surface area contributed by atoms with Crippen LogP contribution in [0.3, 0.4) is 0 Å². The lowest BCUT2D eigenvalue weighted by Gasteiger charge is -2.04. The molecule has 0 saturated heterocycles. The number of thiophene rings is 1. The number of hydrogen-bond donors (Lipinski definition) is 1. The van der Waals surface area contributed by atoms with Crippen molar-refractivity contribution >= 4 is 22.8 Å². The van der Waals surface area contributed by atoms with Crippen LogP contribution in [0.15, 0.2) is 29.8 Å². The van der Waals surface area contributed by atoms with Gasteiger partial charge in [-0.05, 0) is 18.4 Å². The first-order valence-electron chi connectivity index (χ1n) is 4.90. The molecule has 0 aliphatic rings. The number of nitrogen functional groups attached to an aromatic ring is 1. The van der Waals surface area contributed by atoms with Crippen molar-refractivity contribution in [3.63, 3.8) is 0 Å². The molecular formula is C11H10N4S. The van der Waals surface area contributed by atoms with Gasteiger partial charge in [-0.2, -0.15) is 9.61 Å². The molecule has 16 heavy (non-hydrogen) atoms. The van der Waals surface area contributed by atoms with Gasteiger partial charge in [0.1, 0.15) is 5.82 Å². The van der Waals surface area contributed by atoms with Crippen LogP contribution in [0.1, 0.15) is 5.69 Å². The van der Waals surface area contributed by atoms with E-state index in [9.17, 15) is 0 Å². The minimum absolute atomic E-state index is 0.639. The maximum atomic E-state index is 6.09. The lowest BCUT2D eigenvalue weighted by Crippen LogP contribution is -2.02. The van der Waals surface area contributed by atoms with Crippen molar-refractivity contribution in [2.24, 2.45) is 0 Å². The molecule has 3 aromatic heterocycles. The summed E-state index contributed by atoms with van der Waals surface area (Å²) >= 11 is 1.64. The van der Waals surface area contributed by atoms with Gasteiger partial charge in [0.05, 0.1) is 11.3 Å². The normalized spacial score (nSPS) is 11.1. The Morgan fingerprint density at radius 3 is 3.06 bits per heavy atom. The molecule has 0 spiro atoms. The molecule has 4 nitrogen and oxygen atoms in total. The summed E-state index contributed by atoms with van der Waals surface area (Å²) in [5.41, 5.74) is 8.73. The number of hydrogen-bond acceptors (Lipinski definition) is 4. The molecule has 0 atom stereocenters. The van der Waals surface area contributed by atoms with Crippen LogP contribution in [0.5, 0.6) is 0 Å². The fraction of sp³-hybridized carbons (Fsp3) is 0.0909. The maximum Gasteiger partial charge on any atom is 0.157 e. The average Bonchev–Trinajstić information content (AvgIpc) is 2.86. The third-order valence-electron chi connectivity index (χ3n) is 2.43. The zero-order valence-corrected chi connectivity index (χ0v) is 9.53. The van der Waals surface area contributed by atoms with Gasteiger partial charge in [-0.3, -0.25) is 0 Å². The van der Waals surface area contributed by atoms with E-state index in [2.05, 4.69) is 10.1 Å². The molecule has 0 unspecified atom stereocenters. The first kappa shape index (κ1) is 9.35. The van der Waals surface area contributed by atoms with E-state index in [1.807, 2.05) is 30.5 Å². The number of rotatable bonds is 1. The van der Waals surface area contributed by atoms with E-state index >= 15 is 0 Å². The van der Waals surface area contributed by atoms with Crippen LogP contribution in [0, 0.1) is 6.92 Å². The van der Waals surface area contributed by atoms with E-state index in [-0.39, 0.29) is 0 Å². The highest BCUT2D eigenvalue weighted by Gasteiger charge is 2.09. The summed E-state index contributed by atoms with van der Waals surface area (Å²) in [6.07, 6.45) is 1.80. The Labute approximate surface area is 96.4 Å². The smallest absolute Gasteiger partial charge is 0.157 e. The summed E-state index contributed by atoms with van der Waals surface area (Å²) in [5.74, 6) is 0.639. The second kappa shape index (κ2) is 3.31. The van der Waals surface area contributed by atoms with Crippen molar-refractivity contribution in [2.75, 3.05) is 5.73 Å². The van der Waals surface area contributed by atoms with Crippen molar-refractivity contribution in [3.05, 3.63) is 35.5 Å². The summed E-state index contributed by atoms with van der Waals surface area (Å²) in [6, 6.07) is 5.94. The van der Waals surface area contributed by atoms with E-state index in [1.54, 1.807) is 22.0 Å². The van der Waals surface area contributed by atoms with Gasteiger partial charge >= 0.3 is 0 Å². The lowest BCUT2D eigenvalue weighted by molar-refractivity contribution is 0.931. The molecule has 3 aromatic rings. The zero-order chi connectivity index (χ0) is 11.1. The Morgan fingerprint density at radius 1 is 1.44 bits per heavy atom. The van der Waals surface area contributed by atoms with Crippen LogP contribution in [-0.4, -0.2) is 14.6 Å². The lowest BCUT2D eigenvalue weighted by atomic mass is 10.2. The number of anilines is 1. The van der Waals surface area contributed by atoms with Gasteiger partial charge in [0.2, 0.25) is 0 Å². The summed E-state index contributed by atoms with van der Waals surface area (Å²) in [7, 11) is 0. The molecule has 80 valence electrons. The number of fused-ring (bicyclic) bond motifs is 1. The summed E-state index contributed by atoms with van der Waals surface area (Å²) < 4.78 is 1.68. The van der Waals surface area contributed by atoms with Crippen LogP contribution >= 0.6 is 11.3 Å². The van der Waals surface area contributed by atoms with Gasteiger partial charge in [-0.1, -0.05) is 6.07 Å². The van der Waals surface area contributed by atoms with Crippen molar-refractivity contribution in [1.29, 1.82) is 0 Å². The van der Waals surface area contributed by atoms with Crippen molar-refractivity contribution < 1.29 is 0 Å². The Kier molecular flexibility index (Phi) is 1.94. The summed E-state index contributed by atoms with van der Waals surface area (Å²) in [5, 5.41) is 6.34. The predicted molar refractivity (Wildman–Crippen MR) is 65.4 cm³/mol. The third-order valence-corrected chi connectivity index (χ3v) is 3.33. The summed E-state index contributed by atoms with van der Waals surface area (Å²) in [6.45, 7) is 1.93. The molecule has 0 bridgehead atoms. The minimum atomic E-state index is 0.639. The first-order valence-corrected chi connectivity index (χ1v) is 5.78. The van der Waals surface area contributed by atoms with Crippen LogP contribution < -0.4 is 5.73 Å². The molecule has 0 aliphatic carbocycles. The quantitative estimate of drug-likeness (QED) is 0.698. The van der Waals surface area contributed by atoms with E-state index in [0.717, 1.165) is 21.8 Å². The molecule has 2 N–H and O–H groups in total. The Balaban J connectivity index is 2.31. The Bertz CT molecular complexity index is 639. The molecule has 3 heterocycles. The fourth-order valence-electron chi connectivity index (χ4n) is 1.69. The first-order chi connectivity index (χ1) is 7.75. The van der Waals surface area contributed by atoms with Gasteiger partial charge in [0, 0.05) is 17.1 Å². The number of aromatic nitrogens is 3. The molecular weight excluding hydrogens is 220 g/mol. The molecule has 0 fully saturated rings. The van der Waals surface area contributed by atoms with Gasteiger partial charge in [-0.25, -0.2) is 4.98 Å². The number of nitrogens with zero attached hydrogens (tertiary/aromatic N) is 3. The SMILES string of the molecule is Cc1cc2ncc(-c3cccs3)c(N)n2n1. The van der Waals surface area contributed by atoms with E-state index in [0.29, 0.717) is 5.82 Å². The maximum absolute atomic E-state index is 6.09. The van der Waals surface area contributed by atoms with Crippen molar-refractivity contribution in [3.8, 4) is 10.4 Å². The van der Waals surface area contributed by atoms with Gasteiger partial charge < -0.3 is 5.73 Å². The minimum Gasteiger partial charge on any atom is -0.383 e. The monoisotopic (exact) mass is 230 g/mol. The number of nitrogens with two attached hydrogens (primary N) is 1. The topological polar surface area (TPSA) is 56.2 Å². The van der Waals surface area contributed by atoms with Crippen LogP contribution in [0.25, 0.3) is 16.1 Å². The highest BCUT2D eigenvalue weighted by atomic mass is 32.1. The Morgan fingerprint density at radius 2 is 2.31 bits per heavy atom. The zero-order valence-electron chi connectivity index (χ0n) is 8.71. The van der Waals surface area contributed by atoms with Crippen LogP contribution in [0.4, 0.5) is 5.82 Å². The van der Waals surface area contributed by atoms with Crippen molar-refractivity contribution in [2.45, 2.75) is 6.92 Å². The molecule has 0 aliphatic heterocycles. The summed E-state index contributed by atoms with van der Waals surface area (Å²) in [4.78, 5) is 5.46. The molecule has 0 saturated carbocycles. The molecule has 0 amide bonds. The van der Waals surface area contributed by atoms with E-state index in [1.165, 1.54) is 0 Å². The van der Waals surface area contributed by atoms with Gasteiger partial charge in [0.25, 0.3) is 0 Å². The Hall–Kier alpha value is -1.88. The fourth-order valence-corrected chi connectivity index (χ4v) is 2.43. The second-order valence-corrected chi connectivity index (χ2v) is 4.54. The second-order valence-electron chi connectivity index (χ2n) is 3.59. The molecule has 5 heteroatoms. The standard InChI is InChI=1S/C11H10N4S/c1-7-5-10-13-6-8(9-3-2-4-16-9)11(12)15(10)14-7/h2-6H,12H2,1H3. The third kappa shape index (κ3) is 1.29. The molecule has 3 rings (SSSR count). The van der Waals surface area contributed by atoms with Crippen LogP contribution in [-0.2, 0) is 0 Å². The van der Waals surface area contributed by atoms with Crippen molar-refractivity contribution in [1.82, 2.24) is 14.6 Å². The predicted octanol–water partition coefficient (Wildman–Crippen LogP) is 2.35. The molecule has 0 radical (unpaired) electrons. The highest BCUT2D eigenvalue weighted by Crippen LogP contribution is 2.29. The highest BCUT2D eigenvalue weighted by molar-refractivity contribution is 7.13. The average molecular weight is 230 g/mol. The van der Waals surface area contributed by atoms with Gasteiger partial charge in [-0.15, -0.1) is 11.3 Å². The largest absolute Gasteiger partial charge is 0.383 e. The van der Waals surface area contributed by atoms with Crippen LogP contribution in [0.2, 0.25) is 0 Å². The molecule has 0 aromatic carbocycles. The van der Waals surface area contributed by atoms with E-state index < -0.39 is 0 Å².